The zero-order valence-corrected chi connectivity index (χ0v) is 13.8. The maximum Gasteiger partial charge on any atom is 0.387 e. The summed E-state index contributed by atoms with van der Waals surface area (Å²) in [5, 5.41) is 6.88. The molecule has 0 saturated carbocycles. The van der Waals surface area contributed by atoms with E-state index in [1.807, 2.05) is 36.5 Å². The Kier molecular flexibility index (Phi) is 5.58. The molecule has 0 saturated heterocycles. The van der Waals surface area contributed by atoms with Crippen LogP contribution in [0.5, 0.6) is 5.75 Å². The molecule has 3 aromatic rings. The first-order chi connectivity index (χ1) is 12.6. The number of amides is 1. The van der Waals surface area contributed by atoms with Gasteiger partial charge in [-0.15, -0.1) is 0 Å². The molecule has 1 aromatic heterocycles. The number of ether oxygens (including phenoxy) is 1. The van der Waals surface area contributed by atoms with Crippen LogP contribution in [-0.2, 0) is 6.42 Å². The van der Waals surface area contributed by atoms with Crippen molar-refractivity contribution < 1.29 is 18.3 Å². The summed E-state index contributed by atoms with van der Waals surface area (Å²) < 4.78 is 31.0. The average Bonchev–Trinajstić information content (AvgIpc) is 3.17. The van der Waals surface area contributed by atoms with E-state index in [9.17, 15) is 13.6 Å². The largest absolute Gasteiger partial charge is 0.434 e. The average molecular weight is 357 g/mol. The Morgan fingerprint density at radius 2 is 1.88 bits per heavy atom. The Balaban J connectivity index is 1.56. The molecule has 1 N–H and O–H groups in total. The summed E-state index contributed by atoms with van der Waals surface area (Å²) in [4.78, 5) is 12.2. The van der Waals surface area contributed by atoms with Crippen LogP contribution in [0.3, 0.4) is 0 Å². The lowest BCUT2D eigenvalue weighted by atomic mass is 10.1. The summed E-state index contributed by atoms with van der Waals surface area (Å²) >= 11 is 0. The minimum Gasteiger partial charge on any atom is -0.434 e. The van der Waals surface area contributed by atoms with E-state index in [2.05, 4.69) is 15.2 Å². The van der Waals surface area contributed by atoms with Crippen LogP contribution in [0, 0.1) is 0 Å². The van der Waals surface area contributed by atoms with Crippen molar-refractivity contribution in [3.05, 3.63) is 78.1 Å². The standard InChI is InChI=1S/C19H17F2N3O2/c20-19(21)26-17-5-2-1-4-16(17)18(25)22-12-10-14-6-8-15(9-7-14)24-13-3-11-23-24/h1-9,11,13,19H,10,12H2,(H,22,25). The predicted octanol–water partition coefficient (Wildman–Crippen LogP) is 3.45. The molecule has 0 radical (unpaired) electrons. The van der Waals surface area contributed by atoms with Crippen molar-refractivity contribution in [2.45, 2.75) is 13.0 Å². The van der Waals surface area contributed by atoms with Gasteiger partial charge in [-0.3, -0.25) is 4.79 Å². The molecule has 0 aliphatic heterocycles. The summed E-state index contributed by atoms with van der Waals surface area (Å²) in [6.45, 7) is -2.60. The lowest BCUT2D eigenvalue weighted by molar-refractivity contribution is -0.0501. The van der Waals surface area contributed by atoms with Crippen LogP contribution in [0.1, 0.15) is 15.9 Å². The molecule has 0 atom stereocenters. The first-order valence-electron chi connectivity index (χ1n) is 8.04. The molecule has 7 heteroatoms. The molecule has 2 aromatic carbocycles. The molecule has 26 heavy (non-hydrogen) atoms. The highest BCUT2D eigenvalue weighted by Crippen LogP contribution is 2.20. The number of halogens is 2. The fourth-order valence-electron chi connectivity index (χ4n) is 2.51. The van der Waals surface area contributed by atoms with Gasteiger partial charge in [0.15, 0.2) is 0 Å². The van der Waals surface area contributed by atoms with E-state index in [-0.39, 0.29) is 11.3 Å². The van der Waals surface area contributed by atoms with Crippen molar-refractivity contribution >= 4 is 5.91 Å². The number of nitrogens with zero attached hydrogens (tertiary/aromatic N) is 2. The highest BCUT2D eigenvalue weighted by atomic mass is 19.3. The van der Waals surface area contributed by atoms with Crippen LogP contribution in [-0.4, -0.2) is 28.8 Å². The normalized spacial score (nSPS) is 10.7. The van der Waals surface area contributed by atoms with E-state index in [0.29, 0.717) is 13.0 Å². The minimum atomic E-state index is -2.97. The lowest BCUT2D eigenvalue weighted by Gasteiger charge is -2.11. The number of carbonyl (C=O) groups excluding carboxylic acids is 1. The van der Waals surface area contributed by atoms with Crippen LogP contribution in [0.15, 0.2) is 67.0 Å². The Morgan fingerprint density at radius 3 is 2.58 bits per heavy atom. The van der Waals surface area contributed by atoms with Gasteiger partial charge in [0.2, 0.25) is 0 Å². The SMILES string of the molecule is O=C(NCCc1ccc(-n2cccn2)cc1)c1ccccc1OC(F)F. The molecule has 0 fully saturated rings. The molecule has 3 rings (SSSR count). The summed E-state index contributed by atoms with van der Waals surface area (Å²) in [6.07, 6.45) is 4.18. The van der Waals surface area contributed by atoms with Crippen molar-refractivity contribution in [1.29, 1.82) is 0 Å². The predicted molar refractivity (Wildman–Crippen MR) is 92.7 cm³/mol. The summed E-state index contributed by atoms with van der Waals surface area (Å²) in [6, 6.07) is 15.6. The Labute approximate surface area is 149 Å². The Hall–Kier alpha value is -3.22. The molecule has 0 unspecified atom stereocenters. The number of aromatic nitrogens is 2. The number of rotatable bonds is 7. The number of nitrogens with one attached hydrogen (secondary N) is 1. The van der Waals surface area contributed by atoms with Gasteiger partial charge in [0.1, 0.15) is 5.75 Å². The second-order valence-corrected chi connectivity index (χ2v) is 5.50. The zero-order chi connectivity index (χ0) is 18.4. The van der Waals surface area contributed by atoms with Gasteiger partial charge in [-0.25, -0.2) is 4.68 Å². The fourth-order valence-corrected chi connectivity index (χ4v) is 2.51. The number of benzene rings is 2. The second-order valence-electron chi connectivity index (χ2n) is 5.50. The van der Waals surface area contributed by atoms with Crippen LogP contribution < -0.4 is 10.1 Å². The zero-order valence-electron chi connectivity index (χ0n) is 13.8. The number of hydrogen-bond donors (Lipinski definition) is 1. The topological polar surface area (TPSA) is 56.2 Å². The fraction of sp³-hybridized carbons (Fsp3) is 0.158. The van der Waals surface area contributed by atoms with E-state index >= 15 is 0 Å². The highest BCUT2D eigenvalue weighted by molar-refractivity contribution is 5.96. The maximum atomic E-state index is 12.4. The summed E-state index contributed by atoms with van der Waals surface area (Å²) in [7, 11) is 0. The molecule has 0 aliphatic carbocycles. The first kappa shape index (κ1) is 17.6. The van der Waals surface area contributed by atoms with Gasteiger partial charge >= 0.3 is 6.61 Å². The van der Waals surface area contributed by atoms with Crippen molar-refractivity contribution in [3.63, 3.8) is 0 Å². The third-order valence-corrected chi connectivity index (χ3v) is 3.75. The summed E-state index contributed by atoms with van der Waals surface area (Å²) in [5.41, 5.74) is 2.07. The molecule has 0 spiro atoms. The van der Waals surface area contributed by atoms with Crippen molar-refractivity contribution in [1.82, 2.24) is 15.1 Å². The Morgan fingerprint density at radius 1 is 1.12 bits per heavy atom. The van der Waals surface area contributed by atoms with Gasteiger partial charge in [-0.2, -0.15) is 13.9 Å². The highest BCUT2D eigenvalue weighted by Gasteiger charge is 2.14. The smallest absolute Gasteiger partial charge is 0.387 e. The molecular formula is C19H17F2N3O2. The molecule has 134 valence electrons. The van der Waals surface area contributed by atoms with Gasteiger partial charge in [0.05, 0.1) is 11.3 Å². The minimum absolute atomic E-state index is 0.0850. The van der Waals surface area contributed by atoms with E-state index < -0.39 is 12.5 Å². The van der Waals surface area contributed by atoms with E-state index in [1.54, 1.807) is 16.9 Å². The van der Waals surface area contributed by atoms with Gasteiger partial charge in [0.25, 0.3) is 5.91 Å². The van der Waals surface area contributed by atoms with Crippen LogP contribution in [0.25, 0.3) is 5.69 Å². The van der Waals surface area contributed by atoms with Crippen molar-refractivity contribution in [3.8, 4) is 11.4 Å². The van der Waals surface area contributed by atoms with Gasteiger partial charge in [-0.05, 0) is 42.3 Å². The molecule has 0 bridgehead atoms. The Bertz CT molecular complexity index is 849. The van der Waals surface area contributed by atoms with Crippen LogP contribution >= 0.6 is 0 Å². The monoisotopic (exact) mass is 357 g/mol. The first-order valence-corrected chi connectivity index (χ1v) is 8.04. The third-order valence-electron chi connectivity index (χ3n) is 3.75. The second kappa shape index (κ2) is 8.24. The molecular weight excluding hydrogens is 340 g/mol. The molecule has 1 amide bonds. The van der Waals surface area contributed by atoms with E-state index in [1.165, 1.54) is 18.2 Å². The number of carbonyl (C=O) groups is 1. The molecule has 0 aliphatic rings. The van der Waals surface area contributed by atoms with Gasteiger partial charge < -0.3 is 10.1 Å². The van der Waals surface area contributed by atoms with Gasteiger partial charge in [-0.1, -0.05) is 24.3 Å². The van der Waals surface area contributed by atoms with E-state index in [4.69, 9.17) is 0 Å². The molecule has 1 heterocycles. The number of para-hydroxylation sites is 1. The third kappa shape index (κ3) is 4.44. The van der Waals surface area contributed by atoms with Crippen molar-refractivity contribution in [2.75, 3.05) is 6.54 Å². The maximum absolute atomic E-state index is 12.4. The molecule has 5 nitrogen and oxygen atoms in total. The number of hydrogen-bond acceptors (Lipinski definition) is 3. The quantitative estimate of drug-likeness (QED) is 0.705. The van der Waals surface area contributed by atoms with Crippen molar-refractivity contribution in [2.24, 2.45) is 0 Å². The van der Waals surface area contributed by atoms with Crippen LogP contribution in [0.2, 0.25) is 0 Å². The summed E-state index contributed by atoms with van der Waals surface area (Å²) in [5.74, 6) is -0.585. The van der Waals surface area contributed by atoms with Gasteiger partial charge in [0, 0.05) is 18.9 Å². The number of alkyl halides is 2. The lowest BCUT2D eigenvalue weighted by Crippen LogP contribution is -2.26. The van der Waals surface area contributed by atoms with Crippen LogP contribution in [0.4, 0.5) is 8.78 Å². The van der Waals surface area contributed by atoms with E-state index in [0.717, 1.165) is 11.3 Å².